The summed E-state index contributed by atoms with van der Waals surface area (Å²) >= 11 is 0. The zero-order valence-electron chi connectivity index (χ0n) is 11.6. The summed E-state index contributed by atoms with van der Waals surface area (Å²) in [6, 6.07) is 11.6. The first-order valence-electron chi connectivity index (χ1n) is 7.45. The predicted octanol–water partition coefficient (Wildman–Crippen LogP) is 3.87. The van der Waals surface area contributed by atoms with E-state index in [1.54, 1.807) is 0 Å². The molecule has 3 rings (SSSR count). The van der Waals surface area contributed by atoms with Crippen LogP contribution < -0.4 is 5.32 Å². The largest absolute Gasteiger partial charge is 0.314 e. The molecule has 1 saturated carbocycles. The van der Waals surface area contributed by atoms with Crippen LogP contribution in [0.4, 0.5) is 0 Å². The first-order chi connectivity index (χ1) is 9.36. The van der Waals surface area contributed by atoms with Gasteiger partial charge in [-0.1, -0.05) is 31.5 Å². The van der Waals surface area contributed by atoms with Gasteiger partial charge in [-0.2, -0.15) is 0 Å². The molecule has 0 amide bonds. The van der Waals surface area contributed by atoms with Crippen molar-refractivity contribution in [3.8, 4) is 0 Å². The summed E-state index contributed by atoms with van der Waals surface area (Å²) in [4.78, 5) is 4.48. The topological polar surface area (TPSA) is 24.9 Å². The predicted molar refractivity (Wildman–Crippen MR) is 80.4 cm³/mol. The third kappa shape index (κ3) is 2.79. The number of pyridine rings is 1. The SMILES string of the molecule is CCNC1CCCC(c2ccc3cccnc3c2)C1. The number of fused-ring (bicyclic) bond motifs is 1. The second kappa shape index (κ2) is 5.70. The average molecular weight is 254 g/mol. The number of aromatic nitrogens is 1. The Bertz CT molecular complexity index is 548. The lowest BCUT2D eigenvalue weighted by Gasteiger charge is -2.30. The molecule has 0 spiro atoms. The van der Waals surface area contributed by atoms with Crippen LogP contribution in [0.25, 0.3) is 10.9 Å². The van der Waals surface area contributed by atoms with Crippen molar-refractivity contribution < 1.29 is 0 Å². The number of nitrogens with zero attached hydrogens (tertiary/aromatic N) is 1. The Hall–Kier alpha value is -1.41. The average Bonchev–Trinajstić information content (AvgIpc) is 2.47. The smallest absolute Gasteiger partial charge is 0.0704 e. The van der Waals surface area contributed by atoms with Gasteiger partial charge in [0.1, 0.15) is 0 Å². The minimum Gasteiger partial charge on any atom is -0.314 e. The van der Waals surface area contributed by atoms with Gasteiger partial charge in [-0.3, -0.25) is 4.98 Å². The maximum Gasteiger partial charge on any atom is 0.0704 e. The highest BCUT2D eigenvalue weighted by atomic mass is 14.9. The van der Waals surface area contributed by atoms with Gasteiger partial charge in [-0.25, -0.2) is 0 Å². The lowest BCUT2D eigenvalue weighted by molar-refractivity contribution is 0.344. The fraction of sp³-hybridized carbons (Fsp3) is 0.471. The van der Waals surface area contributed by atoms with Crippen LogP contribution in [0.2, 0.25) is 0 Å². The van der Waals surface area contributed by atoms with Gasteiger partial charge >= 0.3 is 0 Å². The quantitative estimate of drug-likeness (QED) is 0.899. The van der Waals surface area contributed by atoms with Crippen LogP contribution in [0.5, 0.6) is 0 Å². The molecule has 1 aromatic heterocycles. The zero-order valence-corrected chi connectivity index (χ0v) is 11.6. The first-order valence-corrected chi connectivity index (χ1v) is 7.45. The van der Waals surface area contributed by atoms with Crippen molar-refractivity contribution in [3.63, 3.8) is 0 Å². The Balaban J connectivity index is 1.83. The van der Waals surface area contributed by atoms with E-state index < -0.39 is 0 Å². The van der Waals surface area contributed by atoms with Crippen LogP contribution in [-0.2, 0) is 0 Å². The third-order valence-electron chi connectivity index (χ3n) is 4.27. The van der Waals surface area contributed by atoms with Crippen molar-refractivity contribution in [1.29, 1.82) is 0 Å². The maximum absolute atomic E-state index is 4.48. The van der Waals surface area contributed by atoms with Crippen molar-refractivity contribution in [2.24, 2.45) is 0 Å². The van der Waals surface area contributed by atoms with Crippen LogP contribution in [0, 0.1) is 0 Å². The lowest BCUT2D eigenvalue weighted by Crippen LogP contribution is -2.33. The fourth-order valence-corrected chi connectivity index (χ4v) is 3.30. The van der Waals surface area contributed by atoms with E-state index in [4.69, 9.17) is 0 Å². The van der Waals surface area contributed by atoms with Crippen LogP contribution in [0.3, 0.4) is 0 Å². The molecule has 2 nitrogen and oxygen atoms in total. The number of nitrogens with one attached hydrogen (secondary N) is 1. The van der Waals surface area contributed by atoms with Crippen LogP contribution in [0.15, 0.2) is 36.5 Å². The van der Waals surface area contributed by atoms with Gasteiger partial charge in [0.15, 0.2) is 0 Å². The van der Waals surface area contributed by atoms with E-state index in [2.05, 4.69) is 41.5 Å². The summed E-state index contributed by atoms with van der Waals surface area (Å²) in [5.74, 6) is 0.698. The highest BCUT2D eigenvalue weighted by Crippen LogP contribution is 2.33. The van der Waals surface area contributed by atoms with Gasteiger partial charge in [0.2, 0.25) is 0 Å². The van der Waals surface area contributed by atoms with Gasteiger partial charge < -0.3 is 5.32 Å². The maximum atomic E-state index is 4.48. The first kappa shape index (κ1) is 12.6. The van der Waals surface area contributed by atoms with E-state index in [9.17, 15) is 0 Å². The third-order valence-corrected chi connectivity index (χ3v) is 4.27. The monoisotopic (exact) mass is 254 g/mol. The molecular weight excluding hydrogens is 232 g/mol. The van der Waals surface area contributed by atoms with Gasteiger partial charge in [0.25, 0.3) is 0 Å². The molecule has 100 valence electrons. The standard InChI is InChI=1S/C17H22N2/c1-2-18-16-7-3-5-14(11-16)15-9-8-13-6-4-10-19-17(13)12-15/h4,6,8-10,12,14,16,18H,2-3,5,7,11H2,1H3. The van der Waals surface area contributed by atoms with Crippen LogP contribution in [-0.4, -0.2) is 17.6 Å². The van der Waals surface area contributed by atoms with Crippen molar-refractivity contribution in [2.75, 3.05) is 6.54 Å². The summed E-state index contributed by atoms with van der Waals surface area (Å²) in [7, 11) is 0. The van der Waals surface area contributed by atoms with Crippen molar-refractivity contribution in [1.82, 2.24) is 10.3 Å². The summed E-state index contributed by atoms with van der Waals surface area (Å²) in [5.41, 5.74) is 2.60. The molecule has 0 bridgehead atoms. The molecule has 2 aromatic rings. The van der Waals surface area contributed by atoms with E-state index in [0.29, 0.717) is 12.0 Å². The lowest BCUT2D eigenvalue weighted by atomic mass is 9.81. The summed E-state index contributed by atoms with van der Waals surface area (Å²) in [6.07, 6.45) is 7.14. The Labute approximate surface area is 115 Å². The van der Waals surface area contributed by atoms with Crippen LogP contribution >= 0.6 is 0 Å². The minimum absolute atomic E-state index is 0.697. The molecule has 0 radical (unpaired) electrons. The molecular formula is C17H22N2. The van der Waals surface area contributed by atoms with Gasteiger partial charge in [-0.15, -0.1) is 0 Å². The molecule has 2 atom stereocenters. The molecule has 1 aromatic carbocycles. The Morgan fingerprint density at radius 2 is 2.21 bits per heavy atom. The molecule has 0 aliphatic heterocycles. The molecule has 1 fully saturated rings. The number of hydrogen-bond donors (Lipinski definition) is 1. The van der Waals surface area contributed by atoms with Gasteiger partial charge in [-0.05, 0) is 49.4 Å². The highest BCUT2D eigenvalue weighted by Gasteiger charge is 2.22. The normalized spacial score (nSPS) is 23.6. The minimum atomic E-state index is 0.697. The molecule has 1 aliphatic carbocycles. The highest BCUT2D eigenvalue weighted by molar-refractivity contribution is 5.79. The van der Waals surface area contributed by atoms with Crippen molar-refractivity contribution in [2.45, 2.75) is 44.6 Å². The summed E-state index contributed by atoms with van der Waals surface area (Å²) in [5, 5.41) is 4.85. The molecule has 2 heteroatoms. The molecule has 0 saturated heterocycles. The van der Waals surface area contributed by atoms with Crippen molar-refractivity contribution >= 4 is 10.9 Å². The number of rotatable bonds is 3. The van der Waals surface area contributed by atoms with E-state index in [-0.39, 0.29) is 0 Å². The Morgan fingerprint density at radius 1 is 1.26 bits per heavy atom. The summed E-state index contributed by atoms with van der Waals surface area (Å²) < 4.78 is 0. The van der Waals surface area contributed by atoms with E-state index in [1.165, 1.54) is 36.6 Å². The second-order valence-electron chi connectivity index (χ2n) is 5.57. The Kier molecular flexibility index (Phi) is 3.79. The van der Waals surface area contributed by atoms with E-state index >= 15 is 0 Å². The fourth-order valence-electron chi connectivity index (χ4n) is 3.30. The number of hydrogen-bond acceptors (Lipinski definition) is 2. The molecule has 1 aliphatic rings. The summed E-state index contributed by atoms with van der Waals surface area (Å²) in [6.45, 7) is 3.28. The van der Waals surface area contributed by atoms with Crippen molar-refractivity contribution in [3.05, 3.63) is 42.1 Å². The second-order valence-corrected chi connectivity index (χ2v) is 5.57. The van der Waals surface area contributed by atoms with E-state index in [1.807, 2.05) is 12.3 Å². The Morgan fingerprint density at radius 3 is 3.11 bits per heavy atom. The van der Waals surface area contributed by atoms with E-state index in [0.717, 1.165) is 12.1 Å². The van der Waals surface area contributed by atoms with Crippen LogP contribution in [0.1, 0.15) is 44.1 Å². The number of benzene rings is 1. The van der Waals surface area contributed by atoms with Gasteiger partial charge in [0.05, 0.1) is 5.52 Å². The molecule has 19 heavy (non-hydrogen) atoms. The zero-order chi connectivity index (χ0) is 13.1. The molecule has 1 N–H and O–H groups in total. The molecule has 1 heterocycles. The molecule has 2 unspecified atom stereocenters. The van der Waals surface area contributed by atoms with Gasteiger partial charge in [0, 0.05) is 17.6 Å².